The number of nitro benzene ring substituents is 1. The summed E-state index contributed by atoms with van der Waals surface area (Å²) in [5.74, 6) is -0.294. The van der Waals surface area contributed by atoms with Gasteiger partial charge in [-0.1, -0.05) is 31.0 Å². The molecule has 164 valence electrons. The molecule has 0 unspecified atom stereocenters. The number of piperazine rings is 1. The van der Waals surface area contributed by atoms with Crippen LogP contribution in [0.15, 0.2) is 59.5 Å². The van der Waals surface area contributed by atoms with Crippen LogP contribution in [0.4, 0.5) is 11.4 Å². The van der Waals surface area contributed by atoms with Gasteiger partial charge in [-0.25, -0.2) is 8.42 Å². The number of sulfone groups is 1. The third kappa shape index (κ3) is 3.78. The van der Waals surface area contributed by atoms with Gasteiger partial charge in [0.25, 0.3) is 5.69 Å². The summed E-state index contributed by atoms with van der Waals surface area (Å²) in [6.07, 6.45) is 2.15. The van der Waals surface area contributed by atoms with Gasteiger partial charge in [-0.05, 0) is 37.1 Å². The Morgan fingerprint density at radius 1 is 0.903 bits per heavy atom. The Hall–Kier alpha value is -2.94. The van der Waals surface area contributed by atoms with Gasteiger partial charge in [0.05, 0.1) is 9.82 Å². The van der Waals surface area contributed by atoms with Gasteiger partial charge in [0.2, 0.25) is 5.91 Å². The maximum atomic E-state index is 13.6. The quantitative estimate of drug-likeness (QED) is 0.520. The van der Waals surface area contributed by atoms with E-state index in [1.54, 1.807) is 47.4 Å². The fraction of sp³-hybridized carbons (Fsp3) is 0.409. The van der Waals surface area contributed by atoms with Crippen molar-refractivity contribution in [1.29, 1.82) is 0 Å². The van der Waals surface area contributed by atoms with Crippen LogP contribution in [0, 0.1) is 10.1 Å². The second-order valence-corrected chi connectivity index (χ2v) is 10.3. The summed E-state index contributed by atoms with van der Waals surface area (Å²) in [7, 11) is -3.80. The highest BCUT2D eigenvalue weighted by Crippen LogP contribution is 2.42. The first kappa shape index (κ1) is 21.3. The average molecular weight is 444 g/mol. The van der Waals surface area contributed by atoms with E-state index in [9.17, 15) is 23.3 Å². The van der Waals surface area contributed by atoms with Gasteiger partial charge in [0, 0.05) is 44.0 Å². The highest BCUT2D eigenvalue weighted by Gasteiger charge is 2.54. The van der Waals surface area contributed by atoms with Gasteiger partial charge < -0.3 is 9.80 Å². The van der Waals surface area contributed by atoms with Crippen molar-refractivity contribution in [3.8, 4) is 0 Å². The Bertz CT molecular complexity index is 1060. The van der Waals surface area contributed by atoms with E-state index in [1.807, 2.05) is 0 Å². The molecule has 1 aliphatic carbocycles. The van der Waals surface area contributed by atoms with Gasteiger partial charge in [-0.3, -0.25) is 14.9 Å². The summed E-state index contributed by atoms with van der Waals surface area (Å²) in [6, 6.07) is 14.6. The van der Waals surface area contributed by atoms with Crippen molar-refractivity contribution in [1.82, 2.24) is 4.90 Å². The molecule has 9 heteroatoms. The summed E-state index contributed by atoms with van der Waals surface area (Å²) < 4.78 is 25.6. The van der Waals surface area contributed by atoms with Crippen LogP contribution in [0.3, 0.4) is 0 Å². The van der Waals surface area contributed by atoms with Crippen molar-refractivity contribution in [3.05, 3.63) is 64.7 Å². The van der Waals surface area contributed by atoms with Crippen molar-refractivity contribution >= 4 is 27.1 Å². The fourth-order valence-corrected chi connectivity index (χ4v) is 6.76. The Kier molecular flexibility index (Phi) is 5.70. The minimum absolute atomic E-state index is 0.0341. The number of hydrogen-bond acceptors (Lipinski definition) is 6. The molecule has 8 nitrogen and oxygen atoms in total. The lowest BCUT2D eigenvalue weighted by molar-refractivity contribution is -0.384. The summed E-state index contributed by atoms with van der Waals surface area (Å²) in [6.45, 7) is 1.93. The predicted molar refractivity (Wildman–Crippen MR) is 117 cm³/mol. The largest absolute Gasteiger partial charge is 0.368 e. The standard InChI is InChI=1S/C22H25N3O5S/c26-21(22(12-4-5-13-22)31(29,30)20-6-2-1-3-7-20)24-16-14-23(15-17-24)18-8-10-19(11-9-18)25(27)28/h1-3,6-11H,4-5,12-17H2. The Morgan fingerprint density at radius 2 is 1.48 bits per heavy atom. The number of hydrogen-bond donors (Lipinski definition) is 0. The normalized spacial score (nSPS) is 18.7. The molecule has 1 heterocycles. The molecule has 1 amide bonds. The van der Waals surface area contributed by atoms with Gasteiger partial charge in [0.15, 0.2) is 14.6 Å². The maximum absolute atomic E-state index is 13.6. The third-order valence-electron chi connectivity index (χ3n) is 6.36. The molecular formula is C22H25N3O5S. The van der Waals surface area contributed by atoms with Gasteiger partial charge in [0.1, 0.15) is 0 Å². The number of benzene rings is 2. The highest BCUT2D eigenvalue weighted by molar-refractivity contribution is 7.93. The molecule has 0 radical (unpaired) electrons. The second kappa shape index (κ2) is 8.30. The number of amides is 1. The van der Waals surface area contributed by atoms with Crippen LogP contribution in [-0.4, -0.2) is 55.1 Å². The van der Waals surface area contributed by atoms with E-state index in [4.69, 9.17) is 0 Å². The van der Waals surface area contributed by atoms with Gasteiger partial charge in [-0.15, -0.1) is 0 Å². The number of nitrogens with zero attached hydrogens (tertiary/aromatic N) is 3. The van der Waals surface area contributed by atoms with Crippen molar-refractivity contribution in [2.45, 2.75) is 35.3 Å². The first-order valence-corrected chi connectivity index (χ1v) is 11.9. The molecule has 0 N–H and O–H groups in total. The zero-order chi connectivity index (χ0) is 22.1. The Balaban J connectivity index is 1.51. The molecule has 2 fully saturated rings. The average Bonchev–Trinajstić information content (AvgIpc) is 3.31. The summed E-state index contributed by atoms with van der Waals surface area (Å²) in [5.41, 5.74) is 0.886. The number of carbonyl (C=O) groups is 1. The first-order chi connectivity index (χ1) is 14.8. The van der Waals surface area contributed by atoms with E-state index < -0.39 is 19.5 Å². The number of non-ortho nitro benzene ring substituents is 1. The number of carbonyl (C=O) groups excluding carboxylic acids is 1. The summed E-state index contributed by atoms with van der Waals surface area (Å²) >= 11 is 0. The van der Waals surface area contributed by atoms with Crippen LogP contribution < -0.4 is 4.90 Å². The molecule has 31 heavy (non-hydrogen) atoms. The van der Waals surface area contributed by atoms with Crippen molar-refractivity contribution in [2.75, 3.05) is 31.1 Å². The number of anilines is 1. The molecular weight excluding hydrogens is 418 g/mol. The van der Waals surface area contributed by atoms with E-state index in [1.165, 1.54) is 12.1 Å². The van der Waals surface area contributed by atoms with Crippen molar-refractivity contribution < 1.29 is 18.1 Å². The molecule has 0 bridgehead atoms. The van der Waals surface area contributed by atoms with Crippen molar-refractivity contribution in [2.24, 2.45) is 0 Å². The van der Waals surface area contributed by atoms with Crippen LogP contribution >= 0.6 is 0 Å². The molecule has 0 spiro atoms. The monoisotopic (exact) mass is 443 g/mol. The van der Waals surface area contributed by atoms with Crippen molar-refractivity contribution in [3.63, 3.8) is 0 Å². The van der Waals surface area contributed by atoms with E-state index >= 15 is 0 Å². The Labute approximate surface area is 181 Å². The van der Waals surface area contributed by atoms with Gasteiger partial charge >= 0.3 is 0 Å². The molecule has 2 aromatic rings. The van der Waals surface area contributed by atoms with Crippen LogP contribution in [0.25, 0.3) is 0 Å². The smallest absolute Gasteiger partial charge is 0.269 e. The van der Waals surface area contributed by atoms with E-state index in [0.717, 1.165) is 18.5 Å². The molecule has 1 saturated heterocycles. The lowest BCUT2D eigenvalue weighted by atomic mass is 10.0. The van der Waals surface area contributed by atoms with E-state index in [0.29, 0.717) is 39.0 Å². The second-order valence-electron chi connectivity index (χ2n) is 8.07. The molecule has 2 aromatic carbocycles. The van der Waals surface area contributed by atoms with Crippen LogP contribution in [0.5, 0.6) is 0 Å². The van der Waals surface area contributed by atoms with E-state index in [2.05, 4.69) is 4.90 Å². The predicted octanol–water partition coefficient (Wildman–Crippen LogP) is 3.03. The molecule has 0 atom stereocenters. The lowest BCUT2D eigenvalue weighted by Crippen LogP contribution is -2.57. The third-order valence-corrected chi connectivity index (χ3v) is 8.87. The molecule has 1 saturated carbocycles. The van der Waals surface area contributed by atoms with Gasteiger partial charge in [-0.2, -0.15) is 0 Å². The minimum atomic E-state index is -3.80. The highest BCUT2D eigenvalue weighted by atomic mass is 32.2. The lowest BCUT2D eigenvalue weighted by Gasteiger charge is -2.40. The zero-order valence-electron chi connectivity index (χ0n) is 17.1. The molecule has 4 rings (SSSR count). The Morgan fingerprint density at radius 3 is 2.03 bits per heavy atom. The first-order valence-electron chi connectivity index (χ1n) is 10.4. The molecule has 2 aliphatic rings. The minimum Gasteiger partial charge on any atom is -0.368 e. The fourth-order valence-electron chi connectivity index (χ4n) is 4.61. The van der Waals surface area contributed by atoms with Crippen LogP contribution in [0.1, 0.15) is 25.7 Å². The molecule has 1 aliphatic heterocycles. The molecule has 0 aromatic heterocycles. The number of nitro groups is 1. The summed E-state index contributed by atoms with van der Waals surface area (Å²) in [4.78, 5) is 27.9. The SMILES string of the molecule is O=C(N1CCN(c2ccc([N+](=O)[O-])cc2)CC1)C1(S(=O)(=O)c2ccccc2)CCCC1. The number of rotatable bonds is 5. The maximum Gasteiger partial charge on any atom is 0.269 e. The van der Waals surface area contributed by atoms with Crippen LogP contribution in [0.2, 0.25) is 0 Å². The summed E-state index contributed by atoms with van der Waals surface area (Å²) in [5, 5.41) is 10.8. The zero-order valence-corrected chi connectivity index (χ0v) is 18.0. The topological polar surface area (TPSA) is 101 Å². The van der Waals surface area contributed by atoms with E-state index in [-0.39, 0.29) is 16.5 Å². The van der Waals surface area contributed by atoms with Crippen LogP contribution in [-0.2, 0) is 14.6 Å².